The third kappa shape index (κ3) is 3.33. The summed E-state index contributed by atoms with van der Waals surface area (Å²) in [5.41, 5.74) is 5.45. The van der Waals surface area contributed by atoms with E-state index in [1.165, 1.54) is 0 Å². The van der Waals surface area contributed by atoms with Gasteiger partial charge < -0.3 is 20.8 Å². The normalized spacial score (nSPS) is 26.5. The molecule has 0 aromatic rings. The molecule has 0 spiro atoms. The van der Waals surface area contributed by atoms with Gasteiger partial charge in [0.15, 0.2) is 0 Å². The molecule has 0 aromatic heterocycles. The van der Waals surface area contributed by atoms with Crippen molar-refractivity contribution in [2.75, 3.05) is 26.4 Å². The Morgan fingerprint density at radius 3 is 3.07 bits per heavy atom. The van der Waals surface area contributed by atoms with Crippen LogP contribution in [0.1, 0.15) is 13.3 Å². The number of oxime groups is 1. The Morgan fingerprint density at radius 2 is 2.47 bits per heavy atom. The molecule has 88 valence electrons. The molecule has 4 N–H and O–H groups in total. The quantitative estimate of drug-likeness (QED) is 0.248. The molecular weight excluding hydrogens is 198 g/mol. The number of rotatable bonds is 4. The van der Waals surface area contributed by atoms with E-state index >= 15 is 0 Å². The zero-order valence-electron chi connectivity index (χ0n) is 8.96. The van der Waals surface area contributed by atoms with Gasteiger partial charge in [0.2, 0.25) is 0 Å². The molecule has 0 aromatic carbocycles. The second kappa shape index (κ2) is 5.89. The minimum Gasteiger partial charge on any atom is -0.409 e. The number of amidine groups is 1. The fourth-order valence-corrected chi connectivity index (χ4v) is 1.87. The van der Waals surface area contributed by atoms with Crippen LogP contribution in [0, 0.1) is 0 Å². The van der Waals surface area contributed by atoms with Gasteiger partial charge in [0.1, 0.15) is 5.84 Å². The minimum absolute atomic E-state index is 0.0141. The molecule has 0 radical (unpaired) electrons. The van der Waals surface area contributed by atoms with Crippen LogP contribution in [-0.4, -0.2) is 59.5 Å². The van der Waals surface area contributed by atoms with Crippen LogP contribution in [0.4, 0.5) is 0 Å². The number of nitrogens with zero attached hydrogens (tertiary/aromatic N) is 2. The van der Waals surface area contributed by atoms with Gasteiger partial charge in [0.05, 0.1) is 25.9 Å². The van der Waals surface area contributed by atoms with Crippen molar-refractivity contribution in [1.82, 2.24) is 4.90 Å². The van der Waals surface area contributed by atoms with E-state index in [1.807, 2.05) is 6.92 Å². The van der Waals surface area contributed by atoms with E-state index in [1.54, 1.807) is 0 Å². The van der Waals surface area contributed by atoms with Crippen molar-refractivity contribution in [3.05, 3.63) is 0 Å². The lowest BCUT2D eigenvalue weighted by molar-refractivity contribution is -0.0428. The first-order chi connectivity index (χ1) is 7.19. The van der Waals surface area contributed by atoms with Crippen LogP contribution < -0.4 is 5.73 Å². The van der Waals surface area contributed by atoms with Gasteiger partial charge in [-0.1, -0.05) is 5.16 Å². The Bertz CT molecular complexity index is 223. The van der Waals surface area contributed by atoms with Crippen molar-refractivity contribution >= 4 is 5.84 Å². The Morgan fingerprint density at radius 1 is 1.73 bits per heavy atom. The first-order valence-corrected chi connectivity index (χ1v) is 5.09. The van der Waals surface area contributed by atoms with Crippen LogP contribution in [0.2, 0.25) is 0 Å². The van der Waals surface area contributed by atoms with Crippen molar-refractivity contribution in [2.45, 2.75) is 25.4 Å². The lowest BCUT2D eigenvalue weighted by Gasteiger charge is -2.38. The SMILES string of the molecule is CC(CC(N)=NO)N1CCOCC1CO. The van der Waals surface area contributed by atoms with E-state index in [-0.39, 0.29) is 24.5 Å². The smallest absolute Gasteiger partial charge is 0.140 e. The van der Waals surface area contributed by atoms with E-state index in [0.717, 1.165) is 6.54 Å². The molecule has 0 bridgehead atoms. The second-order valence-electron chi connectivity index (χ2n) is 3.79. The third-order valence-corrected chi connectivity index (χ3v) is 2.68. The number of aliphatic hydroxyl groups is 1. The standard InChI is InChI=1S/C9H19N3O3/c1-7(4-9(10)11-14)12-2-3-15-6-8(12)5-13/h7-8,13-14H,2-6H2,1H3,(H2,10,11). The number of nitrogens with two attached hydrogens (primary N) is 1. The summed E-state index contributed by atoms with van der Waals surface area (Å²) in [5.74, 6) is 0.214. The lowest BCUT2D eigenvalue weighted by atomic mass is 10.1. The molecule has 0 aliphatic carbocycles. The fourth-order valence-electron chi connectivity index (χ4n) is 1.87. The summed E-state index contributed by atoms with van der Waals surface area (Å²) in [5, 5.41) is 20.6. The zero-order chi connectivity index (χ0) is 11.3. The molecule has 1 rings (SSSR count). The van der Waals surface area contributed by atoms with Crippen LogP contribution >= 0.6 is 0 Å². The Labute approximate surface area is 89.3 Å². The summed E-state index contributed by atoms with van der Waals surface area (Å²) in [6, 6.07) is 0.155. The first-order valence-electron chi connectivity index (χ1n) is 5.09. The Kier molecular flexibility index (Phi) is 4.80. The van der Waals surface area contributed by atoms with Crippen molar-refractivity contribution in [3.63, 3.8) is 0 Å². The van der Waals surface area contributed by atoms with E-state index < -0.39 is 0 Å². The fraction of sp³-hybridized carbons (Fsp3) is 0.889. The first kappa shape index (κ1) is 12.2. The zero-order valence-corrected chi connectivity index (χ0v) is 8.96. The van der Waals surface area contributed by atoms with Crippen LogP contribution in [0.5, 0.6) is 0 Å². The maximum Gasteiger partial charge on any atom is 0.140 e. The van der Waals surface area contributed by atoms with Crippen LogP contribution in [0.15, 0.2) is 5.16 Å². The molecule has 6 heteroatoms. The van der Waals surface area contributed by atoms with Gasteiger partial charge in [0, 0.05) is 19.0 Å². The van der Waals surface area contributed by atoms with Gasteiger partial charge in [-0.05, 0) is 6.92 Å². The monoisotopic (exact) mass is 217 g/mol. The van der Waals surface area contributed by atoms with Crippen molar-refractivity contribution in [1.29, 1.82) is 0 Å². The van der Waals surface area contributed by atoms with Crippen molar-refractivity contribution in [3.8, 4) is 0 Å². The topological polar surface area (TPSA) is 91.3 Å². The highest BCUT2D eigenvalue weighted by atomic mass is 16.5. The molecule has 0 saturated carbocycles. The molecule has 0 amide bonds. The number of hydrogen-bond donors (Lipinski definition) is 3. The van der Waals surface area contributed by atoms with Crippen LogP contribution in [0.25, 0.3) is 0 Å². The Balaban J connectivity index is 2.51. The van der Waals surface area contributed by atoms with Gasteiger partial charge in [0.25, 0.3) is 0 Å². The van der Waals surface area contributed by atoms with Gasteiger partial charge in [-0.2, -0.15) is 0 Å². The maximum absolute atomic E-state index is 9.17. The number of morpholine rings is 1. The molecule has 2 atom stereocenters. The summed E-state index contributed by atoms with van der Waals surface area (Å²) < 4.78 is 5.27. The summed E-state index contributed by atoms with van der Waals surface area (Å²) in [6.45, 7) is 4.03. The van der Waals surface area contributed by atoms with E-state index in [9.17, 15) is 0 Å². The number of aliphatic hydroxyl groups excluding tert-OH is 1. The highest BCUT2D eigenvalue weighted by Crippen LogP contribution is 2.13. The van der Waals surface area contributed by atoms with Crippen molar-refractivity contribution in [2.24, 2.45) is 10.9 Å². The van der Waals surface area contributed by atoms with Crippen LogP contribution in [0.3, 0.4) is 0 Å². The molecule has 1 aliphatic heterocycles. The molecule has 6 nitrogen and oxygen atoms in total. The highest BCUT2D eigenvalue weighted by molar-refractivity contribution is 5.80. The van der Waals surface area contributed by atoms with E-state index in [4.69, 9.17) is 20.8 Å². The van der Waals surface area contributed by atoms with E-state index in [0.29, 0.717) is 19.6 Å². The van der Waals surface area contributed by atoms with Crippen LogP contribution in [-0.2, 0) is 4.74 Å². The molecule has 2 unspecified atom stereocenters. The third-order valence-electron chi connectivity index (χ3n) is 2.68. The van der Waals surface area contributed by atoms with Gasteiger partial charge >= 0.3 is 0 Å². The van der Waals surface area contributed by atoms with Gasteiger partial charge in [-0.25, -0.2) is 0 Å². The predicted molar refractivity (Wildman–Crippen MR) is 55.9 cm³/mol. The highest BCUT2D eigenvalue weighted by Gasteiger charge is 2.26. The van der Waals surface area contributed by atoms with Crippen molar-refractivity contribution < 1.29 is 15.1 Å². The van der Waals surface area contributed by atoms with Gasteiger partial charge in [-0.15, -0.1) is 0 Å². The van der Waals surface area contributed by atoms with E-state index in [2.05, 4.69) is 10.1 Å². The molecule has 15 heavy (non-hydrogen) atoms. The summed E-state index contributed by atoms with van der Waals surface area (Å²) in [4.78, 5) is 2.13. The Hall–Kier alpha value is -0.850. The molecule has 1 saturated heterocycles. The average Bonchev–Trinajstić information content (AvgIpc) is 2.28. The second-order valence-corrected chi connectivity index (χ2v) is 3.79. The summed E-state index contributed by atoms with van der Waals surface area (Å²) in [7, 11) is 0. The maximum atomic E-state index is 9.17. The predicted octanol–water partition coefficient (Wildman–Crippen LogP) is -0.795. The summed E-state index contributed by atoms with van der Waals surface area (Å²) in [6.07, 6.45) is 0.493. The summed E-state index contributed by atoms with van der Waals surface area (Å²) >= 11 is 0. The lowest BCUT2D eigenvalue weighted by Crippen LogP contribution is -2.52. The minimum atomic E-state index is 0.0141. The number of ether oxygens (including phenoxy) is 1. The largest absolute Gasteiger partial charge is 0.409 e. The molecular formula is C9H19N3O3. The number of hydrogen-bond acceptors (Lipinski definition) is 5. The molecule has 1 heterocycles. The molecule has 1 aliphatic rings. The average molecular weight is 217 g/mol. The molecule has 1 fully saturated rings. The van der Waals surface area contributed by atoms with Gasteiger partial charge in [-0.3, -0.25) is 4.90 Å².